The van der Waals surface area contributed by atoms with Gasteiger partial charge in [0.15, 0.2) is 5.96 Å². The molecule has 1 rings (SSSR count). The van der Waals surface area contributed by atoms with E-state index in [0.29, 0.717) is 24.8 Å². The van der Waals surface area contributed by atoms with E-state index < -0.39 is 0 Å². The summed E-state index contributed by atoms with van der Waals surface area (Å²) in [4.78, 5) is 16.5. The number of aliphatic imine (C=N–C) groups is 1. The van der Waals surface area contributed by atoms with Gasteiger partial charge in [0.1, 0.15) is 0 Å². The second-order valence-corrected chi connectivity index (χ2v) is 7.15. The van der Waals surface area contributed by atoms with Crippen LogP contribution >= 0.6 is 24.0 Å². The maximum atomic E-state index is 11.9. The number of amides is 1. The van der Waals surface area contributed by atoms with Crippen LogP contribution in [0.1, 0.15) is 53.0 Å². The van der Waals surface area contributed by atoms with Crippen molar-refractivity contribution in [2.75, 3.05) is 18.4 Å². The fourth-order valence-electron chi connectivity index (χ4n) is 2.32. The van der Waals surface area contributed by atoms with Gasteiger partial charge in [-0.1, -0.05) is 39.8 Å². The molecular weight excluding hydrogens is 439 g/mol. The summed E-state index contributed by atoms with van der Waals surface area (Å²) in [5.41, 5.74) is 1.90. The highest BCUT2D eigenvalue weighted by Gasteiger charge is 2.06. The molecule has 148 valence electrons. The Morgan fingerprint density at radius 3 is 2.46 bits per heavy atom. The minimum atomic E-state index is 0. The molecule has 0 unspecified atom stereocenters. The minimum Gasteiger partial charge on any atom is -0.357 e. The number of carbonyl (C=O) groups excluding carboxylic acids is 1. The van der Waals surface area contributed by atoms with Crippen molar-refractivity contribution in [3.05, 3.63) is 29.8 Å². The molecule has 0 atom stereocenters. The molecular formula is C20H35IN4O. The molecule has 0 aliphatic carbocycles. The molecule has 5 nitrogen and oxygen atoms in total. The predicted molar refractivity (Wildman–Crippen MR) is 122 cm³/mol. The van der Waals surface area contributed by atoms with E-state index in [9.17, 15) is 4.79 Å². The Balaban J connectivity index is 0.00000625. The highest BCUT2D eigenvalue weighted by molar-refractivity contribution is 14.0. The third kappa shape index (κ3) is 11.3. The predicted octanol–water partition coefficient (Wildman–Crippen LogP) is 4.39. The molecule has 0 saturated carbocycles. The second-order valence-electron chi connectivity index (χ2n) is 7.15. The van der Waals surface area contributed by atoms with Gasteiger partial charge in [0.2, 0.25) is 5.91 Å². The zero-order chi connectivity index (χ0) is 18.7. The van der Waals surface area contributed by atoms with Crippen molar-refractivity contribution < 1.29 is 4.79 Å². The van der Waals surface area contributed by atoms with Crippen LogP contribution in [0, 0.1) is 11.8 Å². The number of nitrogens with zero attached hydrogens (tertiary/aromatic N) is 1. The molecule has 0 aliphatic rings. The van der Waals surface area contributed by atoms with Crippen LogP contribution in [0.5, 0.6) is 0 Å². The lowest BCUT2D eigenvalue weighted by Crippen LogP contribution is -2.38. The monoisotopic (exact) mass is 474 g/mol. The summed E-state index contributed by atoms with van der Waals surface area (Å²) in [6.07, 6.45) is 1.65. The molecule has 0 radical (unpaired) electrons. The second kappa shape index (κ2) is 13.8. The van der Waals surface area contributed by atoms with Crippen LogP contribution in [0.15, 0.2) is 29.3 Å². The van der Waals surface area contributed by atoms with Crippen molar-refractivity contribution in [2.24, 2.45) is 16.8 Å². The fraction of sp³-hybridized carbons (Fsp3) is 0.600. The summed E-state index contributed by atoms with van der Waals surface area (Å²) < 4.78 is 0. The Morgan fingerprint density at radius 2 is 1.85 bits per heavy atom. The lowest BCUT2D eigenvalue weighted by atomic mass is 10.1. The number of hydrogen-bond acceptors (Lipinski definition) is 2. The molecule has 0 spiro atoms. The number of benzene rings is 1. The first kappa shape index (κ1) is 24.7. The summed E-state index contributed by atoms with van der Waals surface area (Å²) in [6.45, 7) is 12.9. The SMILES string of the molecule is CCNC(=NCc1cccc(NC(=O)CC(C)C)c1)NCCC(C)C.I. The van der Waals surface area contributed by atoms with Crippen molar-refractivity contribution >= 4 is 41.5 Å². The van der Waals surface area contributed by atoms with Gasteiger partial charge in [0, 0.05) is 25.2 Å². The lowest BCUT2D eigenvalue weighted by molar-refractivity contribution is -0.116. The van der Waals surface area contributed by atoms with Crippen molar-refractivity contribution in [2.45, 2.75) is 54.0 Å². The van der Waals surface area contributed by atoms with Crippen LogP contribution in [0.3, 0.4) is 0 Å². The van der Waals surface area contributed by atoms with Crippen LogP contribution in [0.2, 0.25) is 0 Å². The molecule has 0 heterocycles. The fourth-order valence-corrected chi connectivity index (χ4v) is 2.32. The van der Waals surface area contributed by atoms with Gasteiger partial charge in [0.05, 0.1) is 6.54 Å². The normalized spacial score (nSPS) is 11.3. The molecule has 0 saturated heterocycles. The first-order valence-corrected chi connectivity index (χ1v) is 9.31. The Labute approximate surface area is 175 Å². The van der Waals surface area contributed by atoms with E-state index in [1.54, 1.807) is 0 Å². The van der Waals surface area contributed by atoms with Crippen molar-refractivity contribution in [3.8, 4) is 0 Å². The maximum absolute atomic E-state index is 11.9. The molecule has 0 aromatic heterocycles. The van der Waals surface area contributed by atoms with Gasteiger partial charge >= 0.3 is 0 Å². The van der Waals surface area contributed by atoms with Gasteiger partial charge in [-0.15, -0.1) is 24.0 Å². The smallest absolute Gasteiger partial charge is 0.224 e. The Hall–Kier alpha value is -1.31. The number of anilines is 1. The van der Waals surface area contributed by atoms with Gasteiger partial charge in [-0.25, -0.2) is 4.99 Å². The summed E-state index contributed by atoms with van der Waals surface area (Å²) in [5.74, 6) is 1.91. The van der Waals surface area contributed by atoms with E-state index in [4.69, 9.17) is 0 Å². The first-order chi connectivity index (χ1) is 11.9. The minimum absolute atomic E-state index is 0. The molecule has 3 N–H and O–H groups in total. The highest BCUT2D eigenvalue weighted by Crippen LogP contribution is 2.13. The average Bonchev–Trinajstić information content (AvgIpc) is 2.51. The molecule has 26 heavy (non-hydrogen) atoms. The molecule has 1 aromatic rings. The van der Waals surface area contributed by atoms with Crippen molar-refractivity contribution in [3.63, 3.8) is 0 Å². The van der Waals surface area contributed by atoms with E-state index in [1.165, 1.54) is 0 Å². The van der Waals surface area contributed by atoms with Crippen LogP contribution in [0.4, 0.5) is 5.69 Å². The topological polar surface area (TPSA) is 65.5 Å². The van der Waals surface area contributed by atoms with Crippen LogP contribution in [-0.4, -0.2) is 25.0 Å². The summed E-state index contributed by atoms with van der Waals surface area (Å²) in [6, 6.07) is 7.88. The van der Waals surface area contributed by atoms with Crippen LogP contribution in [-0.2, 0) is 11.3 Å². The van der Waals surface area contributed by atoms with Gasteiger partial charge in [-0.3, -0.25) is 4.79 Å². The molecule has 0 aliphatic heterocycles. The van der Waals surface area contributed by atoms with Gasteiger partial charge in [-0.05, 0) is 42.9 Å². The van der Waals surface area contributed by atoms with Gasteiger partial charge in [-0.2, -0.15) is 0 Å². The van der Waals surface area contributed by atoms with E-state index >= 15 is 0 Å². The largest absolute Gasteiger partial charge is 0.357 e. The Kier molecular flexibility index (Phi) is 13.1. The van der Waals surface area contributed by atoms with Gasteiger partial charge < -0.3 is 16.0 Å². The number of nitrogens with one attached hydrogen (secondary N) is 3. The zero-order valence-electron chi connectivity index (χ0n) is 16.8. The number of hydrogen-bond donors (Lipinski definition) is 3. The summed E-state index contributed by atoms with van der Waals surface area (Å²) in [7, 11) is 0. The van der Waals surface area contributed by atoms with Crippen LogP contribution < -0.4 is 16.0 Å². The quantitative estimate of drug-likeness (QED) is 0.283. The van der Waals surface area contributed by atoms with E-state index in [1.807, 2.05) is 38.1 Å². The average molecular weight is 474 g/mol. The molecule has 0 bridgehead atoms. The van der Waals surface area contributed by atoms with Crippen molar-refractivity contribution in [1.29, 1.82) is 0 Å². The lowest BCUT2D eigenvalue weighted by Gasteiger charge is -2.12. The first-order valence-electron chi connectivity index (χ1n) is 9.31. The number of carbonyl (C=O) groups is 1. The van der Waals surface area contributed by atoms with Gasteiger partial charge in [0.25, 0.3) is 0 Å². The Morgan fingerprint density at radius 1 is 1.12 bits per heavy atom. The standard InChI is InChI=1S/C20H34N4O.HI/c1-6-21-20(22-11-10-15(2)3)23-14-17-8-7-9-18(13-17)24-19(25)12-16(4)5;/h7-9,13,15-16H,6,10-12,14H2,1-5H3,(H,24,25)(H2,21,22,23);1H. The molecule has 1 amide bonds. The third-order valence-corrected chi connectivity index (χ3v) is 3.58. The molecule has 1 aromatic carbocycles. The Bertz CT molecular complexity index is 558. The van der Waals surface area contributed by atoms with E-state index in [2.05, 4.69) is 41.7 Å². The van der Waals surface area contributed by atoms with E-state index in [0.717, 1.165) is 36.7 Å². The maximum Gasteiger partial charge on any atom is 0.224 e. The summed E-state index contributed by atoms with van der Waals surface area (Å²) >= 11 is 0. The van der Waals surface area contributed by atoms with Crippen LogP contribution in [0.25, 0.3) is 0 Å². The molecule has 0 fully saturated rings. The molecule has 6 heteroatoms. The third-order valence-electron chi connectivity index (χ3n) is 3.58. The number of guanidine groups is 1. The number of rotatable bonds is 9. The highest BCUT2D eigenvalue weighted by atomic mass is 127. The summed E-state index contributed by atoms with van der Waals surface area (Å²) in [5, 5.41) is 9.58. The zero-order valence-corrected chi connectivity index (χ0v) is 19.1. The number of halogens is 1. The van der Waals surface area contributed by atoms with E-state index in [-0.39, 0.29) is 29.9 Å². The van der Waals surface area contributed by atoms with Crippen molar-refractivity contribution in [1.82, 2.24) is 10.6 Å².